The van der Waals surface area contributed by atoms with Crippen LogP contribution in [0.5, 0.6) is 0 Å². The van der Waals surface area contributed by atoms with Gasteiger partial charge in [0.2, 0.25) is 0 Å². The van der Waals surface area contributed by atoms with Crippen molar-refractivity contribution < 1.29 is 0 Å². The molecule has 4 bridgehead atoms. The predicted octanol–water partition coefficient (Wildman–Crippen LogP) is 2.70. The Bertz CT molecular complexity index is 506. The second-order valence-electron chi connectivity index (χ2n) is 10.2. The minimum Gasteiger partial charge on any atom is -0.330 e. The highest BCUT2D eigenvalue weighted by molar-refractivity contribution is 5.25. The van der Waals surface area contributed by atoms with E-state index in [0.29, 0.717) is 35.6 Å². The van der Waals surface area contributed by atoms with Crippen LogP contribution in [0, 0.1) is 5.92 Å². The van der Waals surface area contributed by atoms with Gasteiger partial charge in [-0.25, -0.2) is 0 Å². The molecule has 0 spiro atoms. The fourth-order valence-electron chi connectivity index (χ4n) is 8.07. The number of rotatable bonds is 4. The van der Waals surface area contributed by atoms with E-state index in [1.165, 1.54) is 51.4 Å². The van der Waals surface area contributed by atoms with Crippen LogP contribution in [0.25, 0.3) is 0 Å². The maximum Gasteiger partial charge on any atom is 0.0414 e. The second kappa shape index (κ2) is 6.19. The van der Waals surface area contributed by atoms with Crippen molar-refractivity contribution in [3.05, 3.63) is 0 Å². The number of nitrogens with zero attached hydrogens (tertiary/aromatic N) is 2. The third-order valence-corrected chi connectivity index (χ3v) is 8.28. The fourth-order valence-corrected chi connectivity index (χ4v) is 8.07. The summed E-state index contributed by atoms with van der Waals surface area (Å²) in [5.41, 5.74) is 13.5. The number of piperidine rings is 2. The van der Waals surface area contributed by atoms with E-state index in [2.05, 4.69) is 37.5 Å². The Morgan fingerprint density at radius 3 is 1.92 bits per heavy atom. The summed E-state index contributed by atoms with van der Waals surface area (Å²) in [7, 11) is 0. The van der Waals surface area contributed by atoms with Crippen molar-refractivity contribution in [2.75, 3.05) is 6.54 Å². The SMILES string of the molecule is CC(C)N1C2CCC1(C13CCC(CC(CN)C1)N3C(C)C)CC(N)C2. The Balaban J connectivity index is 1.83. The molecule has 6 atom stereocenters. The van der Waals surface area contributed by atoms with Gasteiger partial charge >= 0.3 is 0 Å². The van der Waals surface area contributed by atoms with Gasteiger partial charge in [0.15, 0.2) is 0 Å². The molecular weight excluding hydrogens is 308 g/mol. The zero-order valence-corrected chi connectivity index (χ0v) is 16.9. The van der Waals surface area contributed by atoms with Gasteiger partial charge < -0.3 is 11.5 Å². The molecule has 0 radical (unpaired) electrons. The van der Waals surface area contributed by atoms with Gasteiger partial charge in [0, 0.05) is 41.3 Å². The summed E-state index contributed by atoms with van der Waals surface area (Å²) in [6.07, 6.45) is 10.4. The van der Waals surface area contributed by atoms with Gasteiger partial charge in [-0.1, -0.05) is 0 Å². The molecule has 0 aromatic carbocycles. The lowest BCUT2D eigenvalue weighted by Gasteiger charge is -2.64. The van der Waals surface area contributed by atoms with Gasteiger partial charge in [-0.05, 0) is 91.5 Å². The van der Waals surface area contributed by atoms with E-state index in [0.717, 1.165) is 12.6 Å². The molecule has 6 unspecified atom stereocenters. The van der Waals surface area contributed by atoms with Crippen LogP contribution < -0.4 is 11.5 Å². The van der Waals surface area contributed by atoms with Crippen molar-refractivity contribution >= 4 is 0 Å². The quantitative estimate of drug-likeness (QED) is 0.820. The molecule has 4 saturated heterocycles. The summed E-state index contributed by atoms with van der Waals surface area (Å²) in [6.45, 7) is 10.5. The summed E-state index contributed by atoms with van der Waals surface area (Å²) in [5, 5.41) is 0. The summed E-state index contributed by atoms with van der Waals surface area (Å²) >= 11 is 0. The maximum atomic E-state index is 6.66. The van der Waals surface area contributed by atoms with Crippen molar-refractivity contribution in [1.29, 1.82) is 0 Å². The van der Waals surface area contributed by atoms with Crippen LogP contribution in [0.3, 0.4) is 0 Å². The van der Waals surface area contributed by atoms with Crippen LogP contribution >= 0.6 is 0 Å². The molecule has 4 N–H and O–H groups in total. The molecule has 144 valence electrons. The van der Waals surface area contributed by atoms with Crippen LogP contribution in [0.2, 0.25) is 0 Å². The lowest BCUT2D eigenvalue weighted by atomic mass is 9.63. The lowest BCUT2D eigenvalue weighted by molar-refractivity contribution is -0.130. The summed E-state index contributed by atoms with van der Waals surface area (Å²) in [4.78, 5) is 5.89. The molecule has 4 rings (SSSR count). The Morgan fingerprint density at radius 1 is 0.880 bits per heavy atom. The highest BCUT2D eigenvalue weighted by Crippen LogP contribution is 2.61. The molecule has 0 amide bonds. The highest BCUT2D eigenvalue weighted by atomic mass is 15.4. The summed E-state index contributed by atoms with van der Waals surface area (Å²) in [5.74, 6) is 0.697. The minimum atomic E-state index is 0.274. The topological polar surface area (TPSA) is 58.5 Å². The largest absolute Gasteiger partial charge is 0.330 e. The number of hydrogen-bond donors (Lipinski definition) is 2. The van der Waals surface area contributed by atoms with Crippen molar-refractivity contribution in [1.82, 2.24) is 9.80 Å². The van der Waals surface area contributed by atoms with Gasteiger partial charge in [0.25, 0.3) is 0 Å². The van der Waals surface area contributed by atoms with E-state index < -0.39 is 0 Å². The molecule has 4 heterocycles. The third-order valence-electron chi connectivity index (χ3n) is 8.28. The van der Waals surface area contributed by atoms with E-state index >= 15 is 0 Å². The van der Waals surface area contributed by atoms with E-state index in [9.17, 15) is 0 Å². The molecule has 4 fully saturated rings. The van der Waals surface area contributed by atoms with Crippen LogP contribution in [0.15, 0.2) is 0 Å². The van der Waals surface area contributed by atoms with E-state index in [1.54, 1.807) is 0 Å². The third kappa shape index (κ3) is 2.40. The van der Waals surface area contributed by atoms with Gasteiger partial charge in [-0.2, -0.15) is 0 Å². The zero-order valence-electron chi connectivity index (χ0n) is 16.9. The number of hydrogen-bond acceptors (Lipinski definition) is 4. The second-order valence-corrected chi connectivity index (χ2v) is 10.2. The van der Waals surface area contributed by atoms with Gasteiger partial charge in [-0.3, -0.25) is 9.80 Å². The van der Waals surface area contributed by atoms with Crippen molar-refractivity contribution in [3.63, 3.8) is 0 Å². The standard InChI is InChI=1S/C21H40N4/c1-14(2)24-18-5-7-20(24,11-16(9-18)13-22)21-8-6-19(10-17(23)12-21)25(21)15(3)4/h14-19H,5-13,22-23H2,1-4H3. The Kier molecular flexibility index (Phi) is 4.51. The number of nitrogens with two attached hydrogens (primary N) is 2. The molecular formula is C21H40N4. The first-order chi connectivity index (χ1) is 11.8. The molecule has 25 heavy (non-hydrogen) atoms. The Morgan fingerprint density at radius 2 is 1.40 bits per heavy atom. The van der Waals surface area contributed by atoms with Crippen LogP contribution in [-0.2, 0) is 0 Å². The molecule has 4 aliphatic heterocycles. The first-order valence-corrected chi connectivity index (χ1v) is 10.9. The van der Waals surface area contributed by atoms with Gasteiger partial charge in [0.1, 0.15) is 0 Å². The lowest BCUT2D eigenvalue weighted by Crippen LogP contribution is -2.75. The molecule has 4 aliphatic rings. The number of fused-ring (bicyclic) bond motifs is 5. The Hall–Kier alpha value is -0.160. The smallest absolute Gasteiger partial charge is 0.0414 e. The van der Waals surface area contributed by atoms with Crippen LogP contribution in [0.4, 0.5) is 0 Å². The van der Waals surface area contributed by atoms with E-state index in [-0.39, 0.29) is 5.54 Å². The maximum absolute atomic E-state index is 6.66. The van der Waals surface area contributed by atoms with Crippen LogP contribution in [0.1, 0.15) is 79.1 Å². The van der Waals surface area contributed by atoms with Crippen molar-refractivity contribution in [2.24, 2.45) is 17.4 Å². The molecule has 0 aromatic rings. The fraction of sp³-hybridized carbons (Fsp3) is 1.00. The normalized spacial score (nSPS) is 48.0. The molecule has 4 heteroatoms. The molecule has 0 saturated carbocycles. The average molecular weight is 349 g/mol. The van der Waals surface area contributed by atoms with Gasteiger partial charge in [-0.15, -0.1) is 0 Å². The van der Waals surface area contributed by atoms with Crippen molar-refractivity contribution in [3.8, 4) is 0 Å². The monoisotopic (exact) mass is 348 g/mol. The minimum absolute atomic E-state index is 0.274. The first kappa shape index (κ1) is 18.2. The molecule has 4 nitrogen and oxygen atoms in total. The molecule has 0 aliphatic carbocycles. The van der Waals surface area contributed by atoms with E-state index in [4.69, 9.17) is 11.5 Å². The van der Waals surface area contributed by atoms with E-state index in [1.807, 2.05) is 0 Å². The Labute approximate surface area is 154 Å². The predicted molar refractivity (Wildman–Crippen MR) is 104 cm³/mol. The zero-order chi connectivity index (χ0) is 18.0. The molecule has 0 aromatic heterocycles. The van der Waals surface area contributed by atoms with Gasteiger partial charge in [0.05, 0.1) is 0 Å². The summed E-state index contributed by atoms with van der Waals surface area (Å²) in [6, 6.07) is 3.04. The van der Waals surface area contributed by atoms with Crippen LogP contribution in [-0.4, -0.2) is 57.6 Å². The average Bonchev–Trinajstić information content (AvgIpc) is 2.96. The first-order valence-electron chi connectivity index (χ1n) is 10.9. The summed E-state index contributed by atoms with van der Waals surface area (Å²) < 4.78 is 0. The van der Waals surface area contributed by atoms with Crippen molar-refractivity contribution in [2.45, 2.75) is 120 Å². The highest BCUT2D eigenvalue weighted by Gasteiger charge is 2.68.